The Hall–Kier alpha value is -1.32. The second-order valence-corrected chi connectivity index (χ2v) is 6.39. The van der Waals surface area contributed by atoms with Crippen molar-refractivity contribution in [3.63, 3.8) is 0 Å². The standard InChI is InChI=1S/C19H33NO3/c1-4-6-8-10-12-16(13-11-9-7-5-2)14-18-20-17(15-23-18)19(21)22-3/h15-16H,4-14H2,1-3H3. The molecule has 0 amide bonds. The summed E-state index contributed by atoms with van der Waals surface area (Å²) in [6, 6.07) is 0. The molecule has 0 saturated carbocycles. The van der Waals surface area contributed by atoms with Gasteiger partial charge in [0.2, 0.25) is 0 Å². The quantitative estimate of drug-likeness (QED) is 0.352. The number of hydrogen-bond donors (Lipinski definition) is 0. The van der Waals surface area contributed by atoms with Crippen molar-refractivity contribution in [2.75, 3.05) is 7.11 Å². The molecule has 1 aromatic rings. The Morgan fingerprint density at radius 3 is 2.22 bits per heavy atom. The average Bonchev–Trinajstić information content (AvgIpc) is 3.03. The van der Waals surface area contributed by atoms with Gasteiger partial charge in [0.1, 0.15) is 6.26 Å². The molecule has 0 aromatic carbocycles. The van der Waals surface area contributed by atoms with E-state index in [0.717, 1.165) is 6.42 Å². The van der Waals surface area contributed by atoms with Crippen LogP contribution in [0.15, 0.2) is 10.7 Å². The van der Waals surface area contributed by atoms with E-state index >= 15 is 0 Å². The normalized spacial score (nSPS) is 11.1. The lowest BCUT2D eigenvalue weighted by molar-refractivity contribution is 0.0594. The summed E-state index contributed by atoms with van der Waals surface area (Å²) in [6.07, 6.45) is 15.0. The van der Waals surface area contributed by atoms with Crippen LogP contribution < -0.4 is 0 Å². The minimum atomic E-state index is -0.428. The zero-order valence-corrected chi connectivity index (χ0v) is 15.1. The molecule has 1 rings (SSSR count). The molecule has 0 bridgehead atoms. The monoisotopic (exact) mass is 323 g/mol. The third kappa shape index (κ3) is 8.19. The summed E-state index contributed by atoms with van der Waals surface area (Å²) in [4.78, 5) is 15.7. The average molecular weight is 323 g/mol. The van der Waals surface area contributed by atoms with Gasteiger partial charge in [-0.25, -0.2) is 9.78 Å². The highest BCUT2D eigenvalue weighted by Crippen LogP contribution is 2.22. The fourth-order valence-corrected chi connectivity index (χ4v) is 2.92. The molecule has 0 saturated heterocycles. The molecule has 1 aromatic heterocycles. The van der Waals surface area contributed by atoms with Crippen LogP contribution in [0.25, 0.3) is 0 Å². The highest BCUT2D eigenvalue weighted by Gasteiger charge is 2.16. The molecule has 0 N–H and O–H groups in total. The Balaban J connectivity index is 2.48. The second kappa shape index (κ2) is 12.1. The molecule has 0 spiro atoms. The van der Waals surface area contributed by atoms with Crippen molar-refractivity contribution in [3.05, 3.63) is 17.8 Å². The Morgan fingerprint density at radius 2 is 1.70 bits per heavy atom. The predicted octanol–water partition coefficient (Wildman–Crippen LogP) is 5.56. The van der Waals surface area contributed by atoms with Gasteiger partial charge < -0.3 is 9.15 Å². The van der Waals surface area contributed by atoms with Gasteiger partial charge in [-0.1, -0.05) is 65.2 Å². The fraction of sp³-hybridized carbons (Fsp3) is 0.789. The molecule has 0 radical (unpaired) electrons. The molecular weight excluding hydrogens is 290 g/mol. The third-order valence-corrected chi connectivity index (χ3v) is 4.34. The van der Waals surface area contributed by atoms with Gasteiger partial charge >= 0.3 is 5.97 Å². The van der Waals surface area contributed by atoms with E-state index in [9.17, 15) is 4.79 Å². The number of nitrogens with zero attached hydrogens (tertiary/aromatic N) is 1. The van der Waals surface area contributed by atoms with Gasteiger partial charge in [0, 0.05) is 6.42 Å². The molecule has 0 aliphatic carbocycles. The maximum atomic E-state index is 11.5. The summed E-state index contributed by atoms with van der Waals surface area (Å²) in [5.41, 5.74) is 0.276. The summed E-state index contributed by atoms with van der Waals surface area (Å²) in [7, 11) is 1.36. The summed E-state index contributed by atoms with van der Waals surface area (Å²) in [5.74, 6) is 0.844. The molecular formula is C19H33NO3. The molecule has 0 aliphatic rings. The molecule has 1 heterocycles. The topological polar surface area (TPSA) is 52.3 Å². The van der Waals surface area contributed by atoms with E-state index in [4.69, 9.17) is 4.42 Å². The highest BCUT2D eigenvalue weighted by atomic mass is 16.5. The number of esters is 1. The number of carbonyl (C=O) groups excluding carboxylic acids is 1. The smallest absolute Gasteiger partial charge is 0.360 e. The minimum Gasteiger partial charge on any atom is -0.464 e. The van der Waals surface area contributed by atoms with Crippen molar-refractivity contribution < 1.29 is 13.9 Å². The molecule has 0 fully saturated rings. The van der Waals surface area contributed by atoms with E-state index in [2.05, 4.69) is 23.6 Å². The maximum absolute atomic E-state index is 11.5. The van der Waals surface area contributed by atoms with Crippen molar-refractivity contribution in [2.24, 2.45) is 5.92 Å². The first-order valence-electron chi connectivity index (χ1n) is 9.23. The van der Waals surface area contributed by atoms with Gasteiger partial charge in [0.25, 0.3) is 0 Å². The maximum Gasteiger partial charge on any atom is 0.360 e. The number of unbranched alkanes of at least 4 members (excludes halogenated alkanes) is 6. The van der Waals surface area contributed by atoms with E-state index < -0.39 is 5.97 Å². The van der Waals surface area contributed by atoms with E-state index in [1.807, 2.05) is 0 Å². The molecule has 0 atom stereocenters. The first-order chi connectivity index (χ1) is 11.2. The van der Waals surface area contributed by atoms with Crippen LogP contribution in [0.2, 0.25) is 0 Å². The van der Waals surface area contributed by atoms with Crippen LogP contribution in [0, 0.1) is 5.92 Å². The number of carbonyl (C=O) groups is 1. The largest absolute Gasteiger partial charge is 0.464 e. The van der Waals surface area contributed by atoms with Gasteiger partial charge in [-0.15, -0.1) is 0 Å². The van der Waals surface area contributed by atoms with E-state index in [1.54, 1.807) is 0 Å². The Morgan fingerprint density at radius 1 is 1.09 bits per heavy atom. The summed E-state index contributed by atoms with van der Waals surface area (Å²) < 4.78 is 10.1. The Bertz CT molecular complexity index is 416. The van der Waals surface area contributed by atoms with Crippen molar-refractivity contribution in [1.29, 1.82) is 0 Å². The molecule has 0 unspecified atom stereocenters. The third-order valence-electron chi connectivity index (χ3n) is 4.34. The fourth-order valence-electron chi connectivity index (χ4n) is 2.92. The molecule has 0 aliphatic heterocycles. The molecule has 4 nitrogen and oxygen atoms in total. The molecule has 132 valence electrons. The van der Waals surface area contributed by atoms with E-state index in [1.165, 1.54) is 77.6 Å². The van der Waals surface area contributed by atoms with Crippen molar-refractivity contribution in [2.45, 2.75) is 84.5 Å². The Labute approximate surface area is 141 Å². The number of aromatic nitrogens is 1. The first kappa shape index (κ1) is 19.7. The predicted molar refractivity (Wildman–Crippen MR) is 92.6 cm³/mol. The van der Waals surface area contributed by atoms with Crippen LogP contribution in [0.5, 0.6) is 0 Å². The van der Waals surface area contributed by atoms with Crippen molar-refractivity contribution >= 4 is 5.97 Å². The van der Waals surface area contributed by atoms with E-state index in [0.29, 0.717) is 11.8 Å². The van der Waals surface area contributed by atoms with Crippen LogP contribution in [-0.4, -0.2) is 18.1 Å². The van der Waals surface area contributed by atoms with Crippen LogP contribution >= 0.6 is 0 Å². The van der Waals surface area contributed by atoms with Crippen LogP contribution in [-0.2, 0) is 11.2 Å². The zero-order chi connectivity index (χ0) is 16.9. The lowest BCUT2D eigenvalue weighted by Crippen LogP contribution is -2.07. The number of rotatable bonds is 13. The SMILES string of the molecule is CCCCCCC(CCCCCC)Cc1nc(C(=O)OC)co1. The van der Waals surface area contributed by atoms with Crippen LogP contribution in [0.3, 0.4) is 0 Å². The summed E-state index contributed by atoms with van der Waals surface area (Å²) in [6.45, 7) is 4.48. The number of hydrogen-bond acceptors (Lipinski definition) is 4. The number of ether oxygens (including phenoxy) is 1. The molecule has 4 heteroatoms. The van der Waals surface area contributed by atoms with Gasteiger partial charge in [-0.3, -0.25) is 0 Å². The van der Waals surface area contributed by atoms with Crippen LogP contribution in [0.1, 0.15) is 94.4 Å². The van der Waals surface area contributed by atoms with E-state index in [-0.39, 0.29) is 5.69 Å². The van der Waals surface area contributed by atoms with Crippen molar-refractivity contribution in [3.8, 4) is 0 Å². The van der Waals surface area contributed by atoms with Gasteiger partial charge in [0.15, 0.2) is 11.6 Å². The van der Waals surface area contributed by atoms with Gasteiger partial charge in [0.05, 0.1) is 7.11 Å². The highest BCUT2D eigenvalue weighted by molar-refractivity contribution is 5.86. The molecule has 23 heavy (non-hydrogen) atoms. The zero-order valence-electron chi connectivity index (χ0n) is 15.1. The summed E-state index contributed by atoms with van der Waals surface area (Å²) >= 11 is 0. The summed E-state index contributed by atoms with van der Waals surface area (Å²) in [5, 5.41) is 0. The van der Waals surface area contributed by atoms with Gasteiger partial charge in [-0.2, -0.15) is 0 Å². The number of oxazole rings is 1. The lowest BCUT2D eigenvalue weighted by Gasteiger charge is -2.15. The number of methoxy groups -OCH3 is 1. The Kier molecular flexibility index (Phi) is 10.4. The van der Waals surface area contributed by atoms with Gasteiger partial charge in [-0.05, 0) is 18.8 Å². The first-order valence-corrected chi connectivity index (χ1v) is 9.23. The van der Waals surface area contributed by atoms with Crippen molar-refractivity contribution in [1.82, 2.24) is 4.98 Å². The lowest BCUT2D eigenvalue weighted by atomic mass is 9.91. The minimum absolute atomic E-state index is 0.276. The van der Waals surface area contributed by atoms with Crippen LogP contribution in [0.4, 0.5) is 0 Å². The second-order valence-electron chi connectivity index (χ2n) is 6.39.